The van der Waals surface area contributed by atoms with Crippen LogP contribution in [-0.4, -0.2) is 19.6 Å². The van der Waals surface area contributed by atoms with Gasteiger partial charge in [0.15, 0.2) is 0 Å². The van der Waals surface area contributed by atoms with Gasteiger partial charge < -0.3 is 5.32 Å². The molecule has 0 aromatic carbocycles. The van der Waals surface area contributed by atoms with Gasteiger partial charge in [0.25, 0.3) is 0 Å². The molecule has 0 fully saturated rings. The van der Waals surface area contributed by atoms with Crippen molar-refractivity contribution in [1.82, 2.24) is 19.6 Å². The van der Waals surface area contributed by atoms with E-state index < -0.39 is 0 Å². The molecule has 0 radical (unpaired) electrons. The summed E-state index contributed by atoms with van der Waals surface area (Å²) in [4.78, 5) is 0. The van der Waals surface area contributed by atoms with Crippen LogP contribution in [0.25, 0.3) is 0 Å². The van der Waals surface area contributed by atoms with Crippen LogP contribution in [0.1, 0.15) is 38.1 Å². The Bertz CT molecular complexity index is 515. The molecule has 0 aliphatic rings. The van der Waals surface area contributed by atoms with E-state index in [0.29, 0.717) is 6.04 Å². The maximum absolute atomic E-state index is 4.43. The molecule has 0 aliphatic heterocycles. The number of aromatic nitrogens is 4. The van der Waals surface area contributed by atoms with E-state index >= 15 is 0 Å². The van der Waals surface area contributed by atoms with Gasteiger partial charge in [-0.1, -0.05) is 0 Å². The highest BCUT2D eigenvalue weighted by molar-refractivity contribution is 5.85. The molecule has 6 heteroatoms. The van der Waals surface area contributed by atoms with Crippen LogP contribution in [0.3, 0.4) is 0 Å². The van der Waals surface area contributed by atoms with Crippen LogP contribution in [0, 0.1) is 6.92 Å². The Hall–Kier alpha value is -1.49. The SMILES string of the molecule is CCn1cc(CNc2cnn(C(C)C)c2)c(C)n1.Cl. The molecule has 0 bridgehead atoms. The first-order chi connectivity index (χ1) is 8.60. The number of rotatable bonds is 5. The topological polar surface area (TPSA) is 47.7 Å². The third-order valence-electron chi connectivity index (χ3n) is 2.99. The summed E-state index contributed by atoms with van der Waals surface area (Å²) in [6, 6.07) is 0.394. The van der Waals surface area contributed by atoms with Gasteiger partial charge in [0.05, 0.1) is 17.6 Å². The predicted octanol–water partition coefficient (Wildman–Crippen LogP) is 3.02. The molecule has 2 aromatic heterocycles. The zero-order valence-corrected chi connectivity index (χ0v) is 12.7. The van der Waals surface area contributed by atoms with Gasteiger partial charge in [-0.25, -0.2) is 0 Å². The van der Waals surface area contributed by atoms with Gasteiger partial charge in [0, 0.05) is 37.1 Å². The number of aryl methyl sites for hydroxylation is 2. The molecule has 0 saturated heterocycles. The first kappa shape index (κ1) is 15.6. The van der Waals surface area contributed by atoms with Crippen LogP contribution >= 0.6 is 12.4 Å². The summed E-state index contributed by atoms with van der Waals surface area (Å²) in [6.07, 6.45) is 5.99. The maximum atomic E-state index is 4.43. The Morgan fingerprint density at radius 3 is 2.58 bits per heavy atom. The van der Waals surface area contributed by atoms with Crippen molar-refractivity contribution in [3.05, 3.63) is 29.8 Å². The van der Waals surface area contributed by atoms with Gasteiger partial charge in [-0.3, -0.25) is 9.36 Å². The molecule has 2 heterocycles. The summed E-state index contributed by atoms with van der Waals surface area (Å²) in [6.45, 7) is 10.1. The minimum atomic E-state index is 0. The molecule has 106 valence electrons. The highest BCUT2D eigenvalue weighted by atomic mass is 35.5. The second-order valence-corrected chi connectivity index (χ2v) is 4.75. The number of hydrogen-bond donors (Lipinski definition) is 1. The van der Waals surface area contributed by atoms with Crippen molar-refractivity contribution in [1.29, 1.82) is 0 Å². The number of halogens is 1. The molecule has 0 saturated carbocycles. The third-order valence-corrected chi connectivity index (χ3v) is 2.99. The standard InChI is InChI=1S/C13H21N5.ClH/c1-5-17-8-12(11(4)16-17)6-14-13-7-15-18(9-13)10(2)3;/h7-10,14H,5-6H2,1-4H3;1H. The smallest absolute Gasteiger partial charge is 0.0729 e. The van der Waals surface area contributed by atoms with Crippen molar-refractivity contribution in [2.45, 2.75) is 46.8 Å². The lowest BCUT2D eigenvalue weighted by molar-refractivity contribution is 0.532. The highest BCUT2D eigenvalue weighted by Crippen LogP contribution is 2.13. The average molecular weight is 284 g/mol. The number of hydrogen-bond acceptors (Lipinski definition) is 3. The van der Waals surface area contributed by atoms with Crippen LogP contribution in [0.2, 0.25) is 0 Å². The fraction of sp³-hybridized carbons (Fsp3) is 0.538. The molecule has 19 heavy (non-hydrogen) atoms. The minimum absolute atomic E-state index is 0. The number of anilines is 1. The lowest BCUT2D eigenvalue weighted by Gasteiger charge is -2.04. The Balaban J connectivity index is 0.00000180. The van der Waals surface area contributed by atoms with E-state index in [4.69, 9.17) is 0 Å². The first-order valence-electron chi connectivity index (χ1n) is 6.41. The van der Waals surface area contributed by atoms with E-state index in [2.05, 4.69) is 42.5 Å². The number of nitrogens with one attached hydrogen (secondary N) is 1. The predicted molar refractivity (Wildman–Crippen MR) is 79.8 cm³/mol. The van der Waals surface area contributed by atoms with Crippen molar-refractivity contribution in [3.8, 4) is 0 Å². The van der Waals surface area contributed by atoms with E-state index in [9.17, 15) is 0 Å². The second-order valence-electron chi connectivity index (χ2n) is 4.75. The maximum Gasteiger partial charge on any atom is 0.0729 e. The van der Waals surface area contributed by atoms with E-state index in [1.54, 1.807) is 0 Å². The summed E-state index contributed by atoms with van der Waals surface area (Å²) in [5, 5.41) is 12.1. The van der Waals surface area contributed by atoms with Crippen LogP contribution in [0.4, 0.5) is 5.69 Å². The molecule has 1 N–H and O–H groups in total. The van der Waals surface area contributed by atoms with Crippen LogP contribution in [0.5, 0.6) is 0 Å². The second kappa shape index (κ2) is 6.61. The Morgan fingerprint density at radius 1 is 1.32 bits per heavy atom. The van der Waals surface area contributed by atoms with Crippen molar-refractivity contribution < 1.29 is 0 Å². The molecule has 2 rings (SSSR count). The molecule has 5 nitrogen and oxygen atoms in total. The van der Waals surface area contributed by atoms with Gasteiger partial charge in [-0.2, -0.15) is 10.2 Å². The van der Waals surface area contributed by atoms with Crippen LogP contribution < -0.4 is 5.32 Å². The van der Waals surface area contributed by atoms with E-state index in [-0.39, 0.29) is 12.4 Å². The monoisotopic (exact) mass is 283 g/mol. The summed E-state index contributed by atoms with van der Waals surface area (Å²) < 4.78 is 3.91. The van der Waals surface area contributed by atoms with Crippen LogP contribution in [0.15, 0.2) is 18.6 Å². The average Bonchev–Trinajstić information content (AvgIpc) is 2.93. The molecule has 0 spiro atoms. The molecule has 0 unspecified atom stereocenters. The molecule has 0 atom stereocenters. The van der Waals surface area contributed by atoms with Crippen LogP contribution in [-0.2, 0) is 13.1 Å². The highest BCUT2D eigenvalue weighted by Gasteiger charge is 2.05. The Morgan fingerprint density at radius 2 is 2.05 bits per heavy atom. The largest absolute Gasteiger partial charge is 0.378 e. The lowest BCUT2D eigenvalue weighted by atomic mass is 10.2. The van der Waals surface area contributed by atoms with Crippen molar-refractivity contribution in [2.24, 2.45) is 0 Å². The zero-order chi connectivity index (χ0) is 13.1. The van der Waals surface area contributed by atoms with E-state index in [0.717, 1.165) is 24.5 Å². The van der Waals surface area contributed by atoms with E-state index in [1.165, 1.54) is 5.56 Å². The Labute approximate surface area is 120 Å². The fourth-order valence-electron chi connectivity index (χ4n) is 1.80. The summed E-state index contributed by atoms with van der Waals surface area (Å²) in [5.74, 6) is 0. The van der Waals surface area contributed by atoms with Gasteiger partial charge in [0.2, 0.25) is 0 Å². The summed E-state index contributed by atoms with van der Waals surface area (Å²) in [7, 11) is 0. The number of nitrogens with zero attached hydrogens (tertiary/aromatic N) is 4. The van der Waals surface area contributed by atoms with E-state index in [1.807, 2.05) is 28.7 Å². The lowest BCUT2D eigenvalue weighted by Crippen LogP contribution is -2.01. The first-order valence-corrected chi connectivity index (χ1v) is 6.41. The van der Waals surface area contributed by atoms with Gasteiger partial charge in [-0.15, -0.1) is 12.4 Å². The normalized spacial score (nSPS) is 10.6. The molecule has 0 amide bonds. The minimum Gasteiger partial charge on any atom is -0.378 e. The molecular weight excluding hydrogens is 262 g/mol. The quantitative estimate of drug-likeness (QED) is 0.917. The summed E-state index contributed by atoms with van der Waals surface area (Å²) >= 11 is 0. The van der Waals surface area contributed by atoms with Crippen molar-refractivity contribution in [2.75, 3.05) is 5.32 Å². The molecule has 0 aliphatic carbocycles. The van der Waals surface area contributed by atoms with Gasteiger partial charge in [0.1, 0.15) is 0 Å². The molecule has 2 aromatic rings. The van der Waals surface area contributed by atoms with Crippen molar-refractivity contribution >= 4 is 18.1 Å². The summed E-state index contributed by atoms with van der Waals surface area (Å²) in [5.41, 5.74) is 3.36. The van der Waals surface area contributed by atoms with Crippen molar-refractivity contribution in [3.63, 3.8) is 0 Å². The fourth-order valence-corrected chi connectivity index (χ4v) is 1.80. The zero-order valence-electron chi connectivity index (χ0n) is 11.9. The van der Waals surface area contributed by atoms with Gasteiger partial charge >= 0.3 is 0 Å². The third kappa shape index (κ3) is 3.73. The molecular formula is C13H22ClN5. The Kier molecular flexibility index (Phi) is 5.42. The van der Waals surface area contributed by atoms with Gasteiger partial charge in [-0.05, 0) is 27.7 Å².